The first-order valence-electron chi connectivity index (χ1n) is 18.6. The highest BCUT2D eigenvalue weighted by atomic mass is 35.5. The van der Waals surface area contributed by atoms with Crippen LogP contribution in [0.3, 0.4) is 0 Å². The minimum atomic E-state index is -1.32. The molecule has 0 radical (unpaired) electrons. The van der Waals surface area contributed by atoms with Gasteiger partial charge in [-0.1, -0.05) is 86.3 Å². The molecule has 4 heterocycles. The Labute approximate surface area is 327 Å². The van der Waals surface area contributed by atoms with Gasteiger partial charge in [-0.2, -0.15) is 5.21 Å². The summed E-state index contributed by atoms with van der Waals surface area (Å²) in [4.78, 5) is 45.4. The molecule has 2 aliphatic rings. The fourth-order valence-electron chi connectivity index (χ4n) is 6.66. The fraction of sp³-hybridized carbons (Fsp3) is 0.514. The number of carbonyl (C=O) groups is 2. The Hall–Kier alpha value is -5.17. The molecule has 2 aromatic carbocycles. The number of aromatic nitrogens is 6. The Morgan fingerprint density at radius 1 is 0.982 bits per heavy atom. The Morgan fingerprint density at radius 2 is 1.70 bits per heavy atom. The maximum atomic E-state index is 13.6. The number of imidazole rings is 1. The average Bonchev–Trinajstić information content (AvgIpc) is 3.99. The van der Waals surface area contributed by atoms with Gasteiger partial charge in [0.05, 0.1) is 19.8 Å². The Morgan fingerprint density at radius 3 is 2.41 bits per heavy atom. The molecule has 3 unspecified atom stereocenters. The second-order valence-corrected chi connectivity index (χ2v) is 13.7. The zero-order chi connectivity index (χ0) is 39.4. The average molecular weight is 798 g/mol. The molecule has 0 saturated carbocycles. The number of H-pyrrole nitrogens is 1. The molecular formula is C37H44ClN7O11. The number of fused-ring (bicyclic) bond motifs is 1. The van der Waals surface area contributed by atoms with Gasteiger partial charge in [0, 0.05) is 32.1 Å². The number of benzene rings is 2. The molecule has 4 aromatic rings. The molecule has 2 saturated heterocycles. The first-order chi connectivity index (χ1) is 27.2. The van der Waals surface area contributed by atoms with Crippen molar-refractivity contribution in [2.45, 2.75) is 96.0 Å². The molecule has 6 rings (SSSR count). The van der Waals surface area contributed by atoms with Gasteiger partial charge < -0.3 is 37.8 Å². The number of esters is 1. The first kappa shape index (κ1) is 40.5. The number of nitrogens with zero attached hydrogens (tertiary/aromatic N) is 6. The van der Waals surface area contributed by atoms with Gasteiger partial charge in [0.15, 0.2) is 17.0 Å². The van der Waals surface area contributed by atoms with E-state index in [0.717, 1.165) is 54.4 Å². The van der Waals surface area contributed by atoms with E-state index in [-0.39, 0.29) is 43.3 Å². The van der Waals surface area contributed by atoms with E-state index in [1.165, 1.54) is 6.92 Å². The number of tetrazole rings is 1. The van der Waals surface area contributed by atoms with Crippen LogP contribution in [0.5, 0.6) is 0 Å². The summed E-state index contributed by atoms with van der Waals surface area (Å²) < 4.78 is 35.7. The highest BCUT2D eigenvalue weighted by Gasteiger charge is 2.50. The number of halogens is 1. The first-order valence-corrected chi connectivity index (χ1v) is 19.0. The van der Waals surface area contributed by atoms with Crippen LogP contribution in [-0.2, 0) is 46.2 Å². The topological polar surface area (TPSA) is 214 Å². The number of rotatable bonds is 20. The summed E-state index contributed by atoms with van der Waals surface area (Å²) in [5, 5.41) is 23.8. The molecule has 0 amide bonds. The number of aryl methyl sites for hydroxylation is 1. The van der Waals surface area contributed by atoms with Crippen molar-refractivity contribution in [3.05, 3.63) is 80.9 Å². The minimum Gasteiger partial charge on any atom is -0.426 e. The van der Waals surface area contributed by atoms with Crippen molar-refractivity contribution in [3.8, 4) is 22.5 Å². The van der Waals surface area contributed by atoms with Gasteiger partial charge in [0.2, 0.25) is 12.1 Å². The van der Waals surface area contributed by atoms with Crippen LogP contribution in [0.4, 0.5) is 4.79 Å². The van der Waals surface area contributed by atoms with Gasteiger partial charge in [-0.05, 0) is 41.2 Å². The maximum absolute atomic E-state index is 13.6. The highest BCUT2D eigenvalue weighted by Crippen LogP contribution is 2.32. The van der Waals surface area contributed by atoms with Crippen molar-refractivity contribution in [1.29, 1.82) is 0 Å². The Kier molecular flexibility index (Phi) is 14.2. The van der Waals surface area contributed by atoms with Crippen LogP contribution in [0.2, 0.25) is 5.15 Å². The number of unbranched alkanes of at least 4 members (excludes halogenated alkanes) is 4. The molecule has 1 N–H and O–H groups in total. The summed E-state index contributed by atoms with van der Waals surface area (Å²) in [6.07, 6.45) is 0.831. The van der Waals surface area contributed by atoms with Crippen molar-refractivity contribution >= 4 is 23.7 Å². The monoisotopic (exact) mass is 797 g/mol. The Balaban J connectivity index is 1.01. The number of hydrogen-bond acceptors (Lipinski definition) is 15. The number of aromatic amines is 1. The van der Waals surface area contributed by atoms with Gasteiger partial charge in [0.1, 0.15) is 24.1 Å². The highest BCUT2D eigenvalue weighted by molar-refractivity contribution is 6.32. The molecule has 0 bridgehead atoms. The summed E-state index contributed by atoms with van der Waals surface area (Å²) in [5.74, 6) is 0.293. The van der Waals surface area contributed by atoms with E-state index in [9.17, 15) is 19.7 Å². The van der Waals surface area contributed by atoms with Crippen LogP contribution < -0.4 is 0 Å². The van der Waals surface area contributed by atoms with Crippen molar-refractivity contribution in [1.82, 2.24) is 30.2 Å². The second kappa shape index (κ2) is 19.6. The van der Waals surface area contributed by atoms with E-state index >= 15 is 0 Å². The lowest BCUT2D eigenvalue weighted by Gasteiger charge is -2.19. The van der Waals surface area contributed by atoms with Gasteiger partial charge >= 0.3 is 12.1 Å². The predicted octanol–water partition coefficient (Wildman–Crippen LogP) is 5.75. The Bertz CT molecular complexity index is 1910. The lowest BCUT2D eigenvalue weighted by Crippen LogP contribution is -2.36. The zero-order valence-corrected chi connectivity index (χ0v) is 31.8. The quantitative estimate of drug-likeness (QED) is 0.0370. The predicted molar refractivity (Wildman–Crippen MR) is 197 cm³/mol. The van der Waals surface area contributed by atoms with E-state index in [1.807, 2.05) is 48.5 Å². The fourth-order valence-corrected chi connectivity index (χ4v) is 6.93. The lowest BCUT2D eigenvalue weighted by atomic mass is 9.98. The third-order valence-corrected chi connectivity index (χ3v) is 9.65. The normalized spacial score (nSPS) is 19.3. The van der Waals surface area contributed by atoms with Crippen molar-refractivity contribution in [3.63, 3.8) is 0 Å². The van der Waals surface area contributed by atoms with Crippen molar-refractivity contribution < 1.29 is 47.9 Å². The number of ether oxygens (including phenoxy) is 6. The standard InChI is InChI=1S/C37H44ClN7O11/c1-3-4-13-30-39-34(38)31(44(30)20-24-14-16-25(17-15-24)26-11-7-8-12-27(26)35-40-42-43-41-35)36(46)54-23(2)55-37(47)56-29-22-52-32-28(21-51-33(29)32)50-18-9-5-6-10-19-53-45(48)49/h7-8,11-12,14-17,23,28-29,32-33H,3-6,9-10,13,18-22H2,1-2H3,(H,40,41,42,43)/t23?,28-,29-,32?,33?/m0/s1. The molecule has 2 aliphatic heterocycles. The molecule has 0 spiro atoms. The van der Waals surface area contributed by atoms with Gasteiger partial charge in [0.25, 0.3) is 5.09 Å². The smallest absolute Gasteiger partial charge is 0.426 e. The largest absolute Gasteiger partial charge is 0.511 e. The van der Waals surface area contributed by atoms with Crippen LogP contribution >= 0.6 is 11.6 Å². The molecule has 56 heavy (non-hydrogen) atoms. The van der Waals surface area contributed by atoms with Crippen LogP contribution in [0.1, 0.15) is 74.2 Å². The molecule has 300 valence electrons. The molecule has 2 aromatic heterocycles. The minimum absolute atomic E-state index is 0.0202. The second-order valence-electron chi connectivity index (χ2n) is 13.3. The van der Waals surface area contributed by atoms with Crippen LogP contribution in [-0.4, -0.2) is 105 Å². The lowest BCUT2D eigenvalue weighted by molar-refractivity contribution is -0.757. The van der Waals surface area contributed by atoms with Gasteiger partial charge in [-0.25, -0.2) is 14.6 Å². The van der Waals surface area contributed by atoms with E-state index in [2.05, 4.69) is 37.4 Å². The summed E-state index contributed by atoms with van der Waals surface area (Å²) in [5.41, 5.74) is 3.63. The van der Waals surface area contributed by atoms with Gasteiger partial charge in [-0.15, -0.1) is 20.3 Å². The summed E-state index contributed by atoms with van der Waals surface area (Å²) in [6, 6.07) is 15.6. The maximum Gasteiger partial charge on any atom is 0.511 e. The summed E-state index contributed by atoms with van der Waals surface area (Å²) in [6.45, 7) is 4.62. The number of nitrogens with one attached hydrogen (secondary N) is 1. The molecule has 5 atom stereocenters. The molecular weight excluding hydrogens is 754 g/mol. The van der Waals surface area contributed by atoms with Crippen LogP contribution in [0, 0.1) is 10.1 Å². The number of carbonyl (C=O) groups excluding carboxylic acids is 2. The van der Waals surface area contributed by atoms with Crippen LogP contribution in [0.15, 0.2) is 48.5 Å². The summed E-state index contributed by atoms with van der Waals surface area (Å²) in [7, 11) is 0. The van der Waals surface area contributed by atoms with E-state index < -0.39 is 41.8 Å². The van der Waals surface area contributed by atoms with Crippen molar-refractivity contribution in [2.24, 2.45) is 0 Å². The van der Waals surface area contributed by atoms with Crippen molar-refractivity contribution in [2.75, 3.05) is 26.4 Å². The van der Waals surface area contributed by atoms with Gasteiger partial charge in [-0.3, -0.25) is 0 Å². The van der Waals surface area contributed by atoms with E-state index in [0.29, 0.717) is 31.1 Å². The SMILES string of the molecule is CCCCc1nc(Cl)c(C(=O)OC(C)OC(=O)O[C@H]2COC3C2OC[C@@H]3OCCCCCCO[N+](=O)[O-])n1Cc1ccc(-c2ccccc2-c2nn[nH]n2)cc1. The van der Waals surface area contributed by atoms with E-state index in [4.69, 9.17) is 40.0 Å². The van der Waals surface area contributed by atoms with Crippen LogP contribution in [0.25, 0.3) is 22.5 Å². The molecule has 18 nitrogen and oxygen atoms in total. The zero-order valence-electron chi connectivity index (χ0n) is 31.0. The third kappa shape index (κ3) is 10.4. The molecule has 19 heteroatoms. The summed E-state index contributed by atoms with van der Waals surface area (Å²) >= 11 is 6.55. The molecule has 2 fully saturated rings. The molecule has 0 aliphatic carbocycles. The number of hydrogen-bond donors (Lipinski definition) is 1. The third-order valence-electron chi connectivity index (χ3n) is 9.38. The van der Waals surface area contributed by atoms with E-state index in [1.54, 1.807) is 4.57 Å².